The molecule has 0 radical (unpaired) electrons. The van der Waals surface area contributed by atoms with Crippen molar-refractivity contribution in [1.29, 1.82) is 0 Å². The third-order valence-electron chi connectivity index (χ3n) is 2.07. The second-order valence-corrected chi connectivity index (χ2v) is 2.48. The van der Waals surface area contributed by atoms with Crippen LogP contribution in [0.15, 0.2) is 0 Å². The first-order valence-electron chi connectivity index (χ1n) is 2.91. The fraction of sp³-hybridized carbons (Fsp3) is 0.833. The van der Waals surface area contributed by atoms with E-state index in [1.165, 1.54) is 0 Å². The molecule has 0 saturated carbocycles. The van der Waals surface area contributed by atoms with Gasteiger partial charge in [0.25, 0.3) is 0 Å². The number of rotatable bonds is 0. The van der Waals surface area contributed by atoms with E-state index in [0.29, 0.717) is 6.04 Å². The Balaban J connectivity index is 2.55. The zero-order chi connectivity index (χ0) is 6.31. The molecular formula is C6H11NO. The van der Waals surface area contributed by atoms with Gasteiger partial charge in [-0.1, -0.05) is 6.92 Å². The minimum absolute atomic E-state index is 0.264. The van der Waals surface area contributed by atoms with Gasteiger partial charge < -0.3 is 4.90 Å². The molecule has 0 N–H and O–H groups in total. The summed E-state index contributed by atoms with van der Waals surface area (Å²) in [5.74, 6) is 0.539. The van der Waals surface area contributed by atoms with Crippen LogP contribution in [0.4, 0.5) is 0 Å². The minimum atomic E-state index is 0.264. The van der Waals surface area contributed by atoms with Crippen LogP contribution in [0.5, 0.6) is 0 Å². The maximum atomic E-state index is 10.7. The van der Waals surface area contributed by atoms with Gasteiger partial charge in [-0.05, 0) is 6.92 Å². The van der Waals surface area contributed by atoms with Gasteiger partial charge in [-0.15, -0.1) is 0 Å². The van der Waals surface area contributed by atoms with Crippen LogP contribution in [0, 0.1) is 5.92 Å². The smallest absolute Gasteiger partial charge is 0.227 e. The summed E-state index contributed by atoms with van der Waals surface area (Å²) < 4.78 is 0. The Morgan fingerprint density at radius 3 is 2.12 bits per heavy atom. The van der Waals surface area contributed by atoms with E-state index in [2.05, 4.69) is 6.92 Å². The normalized spacial score (nSPS) is 37.4. The Labute approximate surface area is 49.5 Å². The van der Waals surface area contributed by atoms with Crippen LogP contribution in [-0.4, -0.2) is 23.9 Å². The molecule has 2 heteroatoms. The Morgan fingerprint density at radius 1 is 1.50 bits per heavy atom. The lowest BCUT2D eigenvalue weighted by Gasteiger charge is -2.40. The number of carbonyl (C=O) groups excluding carboxylic acids is 1. The van der Waals surface area contributed by atoms with Gasteiger partial charge in [0.1, 0.15) is 0 Å². The van der Waals surface area contributed by atoms with E-state index >= 15 is 0 Å². The molecule has 1 aliphatic heterocycles. The summed E-state index contributed by atoms with van der Waals surface area (Å²) in [6.07, 6.45) is 0. The molecule has 46 valence electrons. The Kier molecular flexibility index (Phi) is 1.03. The lowest BCUT2D eigenvalue weighted by Crippen LogP contribution is -2.55. The summed E-state index contributed by atoms with van der Waals surface area (Å²) in [7, 11) is 1.84. The molecule has 0 aromatic rings. The van der Waals surface area contributed by atoms with Crippen LogP contribution < -0.4 is 0 Å². The summed E-state index contributed by atoms with van der Waals surface area (Å²) >= 11 is 0. The molecule has 1 amide bonds. The molecule has 0 aliphatic carbocycles. The highest BCUT2D eigenvalue weighted by molar-refractivity contribution is 5.85. The molecule has 0 bridgehead atoms. The van der Waals surface area contributed by atoms with Crippen molar-refractivity contribution in [2.75, 3.05) is 7.05 Å². The maximum absolute atomic E-state index is 10.7. The number of nitrogens with zero attached hydrogens (tertiary/aromatic N) is 1. The molecule has 2 unspecified atom stereocenters. The molecule has 0 aromatic carbocycles. The van der Waals surface area contributed by atoms with Crippen LogP contribution in [0.2, 0.25) is 0 Å². The topological polar surface area (TPSA) is 20.3 Å². The molecule has 2 atom stereocenters. The molecule has 2 nitrogen and oxygen atoms in total. The quantitative estimate of drug-likeness (QED) is 0.418. The first-order valence-corrected chi connectivity index (χ1v) is 2.91. The molecule has 1 aliphatic rings. The van der Waals surface area contributed by atoms with Crippen molar-refractivity contribution in [2.24, 2.45) is 5.92 Å². The first kappa shape index (κ1) is 5.60. The van der Waals surface area contributed by atoms with Crippen molar-refractivity contribution in [3.8, 4) is 0 Å². The van der Waals surface area contributed by atoms with Crippen molar-refractivity contribution in [3.63, 3.8) is 0 Å². The second kappa shape index (κ2) is 1.47. The number of β-lactam (4-membered cyclic amide) rings is 1. The van der Waals surface area contributed by atoms with E-state index in [-0.39, 0.29) is 11.8 Å². The number of hydrogen-bond donors (Lipinski definition) is 0. The number of carbonyl (C=O) groups is 1. The molecule has 1 rings (SSSR count). The SMILES string of the molecule is CC1C(=O)N(C)C1C. The monoisotopic (exact) mass is 113 g/mol. The Morgan fingerprint density at radius 2 is 2.00 bits per heavy atom. The van der Waals surface area contributed by atoms with E-state index < -0.39 is 0 Å². The molecular weight excluding hydrogens is 102 g/mol. The van der Waals surface area contributed by atoms with E-state index in [9.17, 15) is 4.79 Å². The van der Waals surface area contributed by atoms with Gasteiger partial charge in [0, 0.05) is 13.1 Å². The molecule has 0 aromatic heterocycles. The van der Waals surface area contributed by atoms with Gasteiger partial charge in [-0.2, -0.15) is 0 Å². The van der Waals surface area contributed by atoms with Crippen LogP contribution >= 0.6 is 0 Å². The molecule has 1 heterocycles. The van der Waals surface area contributed by atoms with Gasteiger partial charge in [0.05, 0.1) is 5.92 Å². The highest BCUT2D eigenvalue weighted by Gasteiger charge is 2.37. The average Bonchev–Trinajstić information content (AvgIpc) is 1.83. The van der Waals surface area contributed by atoms with Crippen molar-refractivity contribution >= 4 is 5.91 Å². The molecule has 0 spiro atoms. The summed E-state index contributed by atoms with van der Waals surface area (Å²) in [6, 6.07) is 0.461. The highest BCUT2D eigenvalue weighted by atomic mass is 16.2. The van der Waals surface area contributed by atoms with Gasteiger partial charge >= 0.3 is 0 Å². The second-order valence-electron chi connectivity index (χ2n) is 2.48. The maximum Gasteiger partial charge on any atom is 0.227 e. The van der Waals surface area contributed by atoms with Crippen molar-refractivity contribution in [3.05, 3.63) is 0 Å². The number of amides is 1. The van der Waals surface area contributed by atoms with E-state index in [4.69, 9.17) is 0 Å². The van der Waals surface area contributed by atoms with Gasteiger partial charge in [0.15, 0.2) is 0 Å². The largest absolute Gasteiger partial charge is 0.342 e. The predicted molar refractivity (Wildman–Crippen MR) is 31.4 cm³/mol. The molecule has 1 fully saturated rings. The van der Waals surface area contributed by atoms with Crippen LogP contribution in [0.3, 0.4) is 0 Å². The molecule has 1 saturated heterocycles. The van der Waals surface area contributed by atoms with E-state index in [1.54, 1.807) is 4.90 Å². The molecule has 8 heavy (non-hydrogen) atoms. The fourth-order valence-electron chi connectivity index (χ4n) is 0.982. The van der Waals surface area contributed by atoms with Crippen LogP contribution in [0.25, 0.3) is 0 Å². The van der Waals surface area contributed by atoms with Gasteiger partial charge in [-0.25, -0.2) is 0 Å². The van der Waals surface area contributed by atoms with Gasteiger partial charge in [-0.3, -0.25) is 4.79 Å². The first-order chi connectivity index (χ1) is 3.64. The third-order valence-corrected chi connectivity index (χ3v) is 2.07. The summed E-state index contributed by atoms with van der Waals surface area (Å²) in [5.41, 5.74) is 0. The zero-order valence-electron chi connectivity index (χ0n) is 5.51. The fourth-order valence-corrected chi connectivity index (χ4v) is 0.982. The lowest BCUT2D eigenvalue weighted by atomic mass is 9.92. The van der Waals surface area contributed by atoms with E-state index in [1.807, 2.05) is 14.0 Å². The van der Waals surface area contributed by atoms with Crippen molar-refractivity contribution < 1.29 is 4.79 Å². The van der Waals surface area contributed by atoms with Crippen LogP contribution in [-0.2, 0) is 4.79 Å². The van der Waals surface area contributed by atoms with Crippen molar-refractivity contribution in [2.45, 2.75) is 19.9 Å². The summed E-state index contributed by atoms with van der Waals surface area (Å²) in [6.45, 7) is 4.03. The Hall–Kier alpha value is -0.530. The lowest BCUT2D eigenvalue weighted by molar-refractivity contribution is -0.150. The number of hydrogen-bond acceptors (Lipinski definition) is 1. The van der Waals surface area contributed by atoms with Crippen molar-refractivity contribution in [1.82, 2.24) is 4.90 Å². The van der Waals surface area contributed by atoms with E-state index in [0.717, 1.165) is 0 Å². The zero-order valence-corrected chi connectivity index (χ0v) is 5.51. The minimum Gasteiger partial charge on any atom is -0.342 e. The number of likely N-dealkylation sites (tertiary alicyclic amines) is 1. The van der Waals surface area contributed by atoms with Crippen LogP contribution in [0.1, 0.15) is 13.8 Å². The predicted octanol–water partition coefficient (Wildman–Crippen LogP) is 0.483. The average molecular weight is 113 g/mol. The third kappa shape index (κ3) is 0.457. The van der Waals surface area contributed by atoms with Gasteiger partial charge in [0.2, 0.25) is 5.91 Å². The standard InChI is InChI=1S/C6H11NO/c1-4-5(2)7(3)6(4)8/h4-5H,1-3H3. The highest BCUT2D eigenvalue weighted by Crippen LogP contribution is 2.22. The summed E-state index contributed by atoms with van der Waals surface area (Å²) in [4.78, 5) is 12.5. The summed E-state index contributed by atoms with van der Waals surface area (Å²) in [5, 5.41) is 0. The Bertz CT molecular complexity index is 110.